The van der Waals surface area contributed by atoms with E-state index < -0.39 is 32.8 Å². The Morgan fingerprint density at radius 3 is 2.16 bits per heavy atom. The fraction of sp³-hybridized carbons (Fsp3) is 0.143. The highest BCUT2D eigenvalue weighted by Crippen LogP contribution is 2.31. The summed E-state index contributed by atoms with van der Waals surface area (Å²) in [5, 5.41) is 0. The molecule has 0 aliphatic heterocycles. The first-order valence-electron chi connectivity index (χ1n) is 6.49. The molecule has 0 atom stereocenters. The van der Waals surface area contributed by atoms with Crippen molar-refractivity contribution in [3.8, 4) is 5.75 Å². The van der Waals surface area contributed by atoms with E-state index in [2.05, 4.69) is 9.46 Å². The van der Waals surface area contributed by atoms with Gasteiger partial charge in [-0.05, 0) is 36.4 Å². The van der Waals surface area contributed by atoms with E-state index in [0.29, 0.717) is 0 Å². The minimum absolute atomic E-state index is 0.000396. The first kappa shape index (κ1) is 19.3. The molecule has 2 aromatic rings. The van der Waals surface area contributed by atoms with Crippen LogP contribution in [-0.4, -0.2) is 20.5 Å². The van der Waals surface area contributed by atoms with Gasteiger partial charge in [-0.2, -0.15) is 8.78 Å². The van der Waals surface area contributed by atoms with Crippen molar-refractivity contribution < 1.29 is 35.1 Å². The summed E-state index contributed by atoms with van der Waals surface area (Å²) in [4.78, 5) is -0.503. The van der Waals surface area contributed by atoms with E-state index in [1.54, 1.807) is 0 Å². The zero-order valence-corrected chi connectivity index (χ0v) is 13.8. The van der Waals surface area contributed by atoms with Gasteiger partial charge in [0.2, 0.25) is 0 Å². The van der Waals surface area contributed by atoms with Gasteiger partial charge < -0.3 is 4.74 Å². The Morgan fingerprint density at radius 1 is 1.00 bits per heavy atom. The van der Waals surface area contributed by atoms with Crippen molar-refractivity contribution in [3.63, 3.8) is 0 Å². The summed E-state index contributed by atoms with van der Waals surface area (Å²) in [6, 6.07) is 9.19. The monoisotopic (exact) mass is 399 g/mol. The topological polar surface area (TPSA) is 55.4 Å². The lowest BCUT2D eigenvalue weighted by Gasteiger charge is -2.14. The van der Waals surface area contributed by atoms with Crippen molar-refractivity contribution in [3.05, 3.63) is 48.5 Å². The summed E-state index contributed by atoms with van der Waals surface area (Å²) in [7, 11) is -4.38. The van der Waals surface area contributed by atoms with Crippen molar-refractivity contribution in [2.75, 3.05) is 4.72 Å². The van der Waals surface area contributed by atoms with E-state index >= 15 is 0 Å². The first-order chi connectivity index (χ1) is 11.6. The number of alkyl halides is 5. The highest BCUT2D eigenvalue weighted by molar-refractivity contribution is 7.99. The Kier molecular flexibility index (Phi) is 5.78. The summed E-state index contributed by atoms with van der Waals surface area (Å²) in [5.41, 5.74) is 0.000396. The molecule has 0 spiro atoms. The molecule has 0 aliphatic carbocycles. The molecule has 0 saturated carbocycles. The van der Waals surface area contributed by atoms with E-state index in [0.717, 1.165) is 12.1 Å². The van der Waals surface area contributed by atoms with Gasteiger partial charge in [0, 0.05) is 10.6 Å². The third kappa shape index (κ3) is 5.78. The Morgan fingerprint density at radius 2 is 1.60 bits per heavy atom. The number of benzene rings is 2. The Labute approximate surface area is 144 Å². The van der Waals surface area contributed by atoms with Crippen LogP contribution >= 0.6 is 11.8 Å². The van der Waals surface area contributed by atoms with Gasteiger partial charge in [-0.3, -0.25) is 4.72 Å². The van der Waals surface area contributed by atoms with Crippen LogP contribution in [0.4, 0.5) is 27.6 Å². The molecule has 11 heteroatoms. The molecule has 25 heavy (non-hydrogen) atoms. The number of hydrogen-bond donors (Lipinski definition) is 1. The van der Waals surface area contributed by atoms with Crippen LogP contribution in [0.3, 0.4) is 0 Å². The van der Waals surface area contributed by atoms with Gasteiger partial charge in [0.25, 0.3) is 15.8 Å². The van der Waals surface area contributed by atoms with Gasteiger partial charge in [0.05, 0.1) is 0 Å². The van der Waals surface area contributed by atoms with E-state index in [1.807, 2.05) is 0 Å². The molecule has 0 saturated heterocycles. The van der Waals surface area contributed by atoms with Crippen molar-refractivity contribution in [1.82, 2.24) is 0 Å². The lowest BCUT2D eigenvalue weighted by atomic mass is 10.3. The molecule has 2 aromatic carbocycles. The van der Waals surface area contributed by atoms with Gasteiger partial charge in [-0.15, -0.1) is 13.2 Å². The zero-order valence-electron chi connectivity index (χ0n) is 12.1. The first-order valence-corrected chi connectivity index (χ1v) is 8.85. The number of anilines is 1. The number of rotatable bonds is 6. The van der Waals surface area contributed by atoms with E-state index in [-0.39, 0.29) is 22.3 Å². The van der Waals surface area contributed by atoms with E-state index in [9.17, 15) is 30.4 Å². The fourth-order valence-corrected chi connectivity index (χ4v) is 3.48. The Bertz CT molecular complexity index is 823. The van der Waals surface area contributed by atoms with E-state index in [4.69, 9.17) is 0 Å². The molecular formula is C14H10F5NO3S2. The molecule has 136 valence electrons. The molecule has 0 aliphatic rings. The van der Waals surface area contributed by atoms with Crippen LogP contribution in [0.2, 0.25) is 0 Å². The predicted molar refractivity (Wildman–Crippen MR) is 82.2 cm³/mol. The summed E-state index contributed by atoms with van der Waals surface area (Å²) < 4.78 is 92.0. The highest BCUT2D eigenvalue weighted by atomic mass is 32.2. The van der Waals surface area contributed by atoms with Crippen molar-refractivity contribution >= 4 is 27.5 Å². The molecular weight excluding hydrogens is 389 g/mol. The summed E-state index contributed by atoms with van der Waals surface area (Å²) in [6.45, 7) is 0. The largest absolute Gasteiger partial charge is 0.573 e. The lowest BCUT2D eigenvalue weighted by molar-refractivity contribution is -0.275. The number of halogens is 5. The SMILES string of the molecule is O=S(=O)(Nc1ccc(SC(F)F)cc1)c1ccccc1OC(F)(F)F. The van der Waals surface area contributed by atoms with Crippen molar-refractivity contribution in [2.24, 2.45) is 0 Å². The van der Waals surface area contributed by atoms with Gasteiger partial charge in [0.1, 0.15) is 10.6 Å². The number of thioether (sulfide) groups is 1. The molecule has 0 amide bonds. The molecule has 0 radical (unpaired) electrons. The molecule has 4 nitrogen and oxygen atoms in total. The minimum atomic E-state index is -5.06. The highest BCUT2D eigenvalue weighted by Gasteiger charge is 2.34. The normalized spacial score (nSPS) is 12.2. The maximum absolute atomic E-state index is 12.4. The maximum Gasteiger partial charge on any atom is 0.573 e. The quantitative estimate of drug-likeness (QED) is 0.565. The average Bonchev–Trinajstić information content (AvgIpc) is 2.47. The summed E-state index contributed by atoms with van der Waals surface area (Å²) in [5.74, 6) is -3.51. The lowest BCUT2D eigenvalue weighted by Crippen LogP contribution is -2.20. The summed E-state index contributed by atoms with van der Waals surface area (Å²) in [6.07, 6.45) is -5.06. The number of ether oxygens (including phenoxy) is 1. The maximum atomic E-state index is 12.4. The standard InChI is InChI=1S/C14H10F5NO3S2/c15-13(16)24-10-7-5-9(6-8-10)20-25(21,22)12-4-2-1-3-11(12)23-14(17,18)19/h1-8,13,20H. The molecule has 0 aromatic heterocycles. The number of nitrogens with one attached hydrogen (secondary N) is 1. The predicted octanol–water partition coefficient (Wildman–Crippen LogP) is 4.70. The zero-order chi connectivity index (χ0) is 18.7. The van der Waals surface area contributed by atoms with Crippen LogP contribution in [0, 0.1) is 0 Å². The fourth-order valence-electron chi connectivity index (χ4n) is 1.80. The molecule has 0 unspecified atom stereocenters. The van der Waals surface area contributed by atoms with Crippen LogP contribution in [0.15, 0.2) is 58.3 Å². The second kappa shape index (κ2) is 7.48. The van der Waals surface area contributed by atoms with Gasteiger partial charge in [-0.25, -0.2) is 8.42 Å². The summed E-state index contributed by atoms with van der Waals surface area (Å²) >= 11 is 0.275. The Hall–Kier alpha value is -2.01. The minimum Gasteiger partial charge on any atom is -0.404 e. The van der Waals surface area contributed by atoms with Crippen LogP contribution in [0.1, 0.15) is 0 Å². The third-order valence-electron chi connectivity index (χ3n) is 2.70. The number of para-hydroxylation sites is 1. The van der Waals surface area contributed by atoms with Gasteiger partial charge >= 0.3 is 6.36 Å². The van der Waals surface area contributed by atoms with Crippen LogP contribution < -0.4 is 9.46 Å². The molecule has 0 bridgehead atoms. The second-order valence-electron chi connectivity index (χ2n) is 4.50. The smallest absolute Gasteiger partial charge is 0.404 e. The molecule has 2 rings (SSSR count). The van der Waals surface area contributed by atoms with Gasteiger partial charge in [0.15, 0.2) is 0 Å². The molecule has 0 heterocycles. The van der Waals surface area contributed by atoms with Crippen LogP contribution in [0.25, 0.3) is 0 Å². The molecule has 1 N–H and O–H groups in total. The number of hydrogen-bond acceptors (Lipinski definition) is 4. The van der Waals surface area contributed by atoms with Crippen molar-refractivity contribution in [2.45, 2.75) is 21.9 Å². The average molecular weight is 399 g/mol. The van der Waals surface area contributed by atoms with E-state index in [1.165, 1.54) is 36.4 Å². The second-order valence-corrected chi connectivity index (χ2v) is 7.22. The van der Waals surface area contributed by atoms with Crippen molar-refractivity contribution in [1.29, 1.82) is 0 Å². The molecule has 0 fully saturated rings. The van der Waals surface area contributed by atoms with Crippen LogP contribution in [-0.2, 0) is 10.0 Å². The number of sulfonamides is 1. The third-order valence-corrected chi connectivity index (χ3v) is 4.84. The Balaban J connectivity index is 2.25. The van der Waals surface area contributed by atoms with Crippen LogP contribution in [0.5, 0.6) is 5.75 Å². The van der Waals surface area contributed by atoms with Gasteiger partial charge in [-0.1, -0.05) is 23.9 Å².